The first kappa shape index (κ1) is 11.5. The standard InChI is InChI=1S/C8H11F3N2S/c1-4(12-3)6-5(2)13-7(14-6)8(9,10)11/h4,12H,1-3H3. The van der Waals surface area contributed by atoms with E-state index in [-0.39, 0.29) is 6.04 Å². The molecule has 1 N–H and O–H groups in total. The van der Waals surface area contributed by atoms with Gasteiger partial charge in [0.25, 0.3) is 0 Å². The van der Waals surface area contributed by atoms with E-state index in [1.165, 1.54) is 0 Å². The molecule has 0 aliphatic rings. The van der Waals surface area contributed by atoms with Crippen LogP contribution in [-0.2, 0) is 6.18 Å². The molecule has 2 nitrogen and oxygen atoms in total. The molecule has 0 bridgehead atoms. The van der Waals surface area contributed by atoms with Crippen molar-refractivity contribution in [3.05, 3.63) is 15.6 Å². The van der Waals surface area contributed by atoms with Crippen molar-refractivity contribution in [2.24, 2.45) is 0 Å². The summed E-state index contributed by atoms with van der Waals surface area (Å²) in [7, 11) is 1.71. The summed E-state index contributed by atoms with van der Waals surface area (Å²) in [6.07, 6.45) is -4.33. The van der Waals surface area contributed by atoms with Gasteiger partial charge in [-0.3, -0.25) is 0 Å². The van der Waals surface area contributed by atoms with Gasteiger partial charge in [-0.2, -0.15) is 13.2 Å². The van der Waals surface area contributed by atoms with Gasteiger partial charge in [0, 0.05) is 10.9 Å². The fourth-order valence-electron chi connectivity index (χ4n) is 1.06. The van der Waals surface area contributed by atoms with Gasteiger partial charge >= 0.3 is 6.18 Å². The van der Waals surface area contributed by atoms with Crippen LogP contribution in [0.2, 0.25) is 0 Å². The van der Waals surface area contributed by atoms with E-state index in [1.54, 1.807) is 20.9 Å². The third-order valence-corrected chi connectivity index (χ3v) is 3.29. The first-order chi connectivity index (χ1) is 6.36. The Kier molecular flexibility index (Phi) is 3.16. The molecule has 80 valence electrons. The molecule has 0 amide bonds. The van der Waals surface area contributed by atoms with Crippen LogP contribution in [0.5, 0.6) is 0 Å². The second-order valence-electron chi connectivity index (χ2n) is 2.98. The minimum Gasteiger partial charge on any atom is -0.312 e. The summed E-state index contributed by atoms with van der Waals surface area (Å²) in [5.74, 6) is 0. The highest BCUT2D eigenvalue weighted by Gasteiger charge is 2.35. The highest BCUT2D eigenvalue weighted by atomic mass is 32.1. The Bertz CT molecular complexity index is 319. The van der Waals surface area contributed by atoms with E-state index < -0.39 is 11.2 Å². The third kappa shape index (κ3) is 2.24. The Morgan fingerprint density at radius 3 is 2.36 bits per heavy atom. The molecule has 0 fully saturated rings. The molecule has 1 rings (SSSR count). The van der Waals surface area contributed by atoms with Gasteiger partial charge in [-0.05, 0) is 20.9 Å². The molecule has 1 heterocycles. The Morgan fingerprint density at radius 2 is 2.00 bits per heavy atom. The number of thiazole rings is 1. The lowest BCUT2D eigenvalue weighted by atomic mass is 10.2. The number of nitrogens with one attached hydrogen (secondary N) is 1. The number of halogens is 3. The van der Waals surface area contributed by atoms with Crippen molar-refractivity contribution in [2.75, 3.05) is 7.05 Å². The first-order valence-electron chi connectivity index (χ1n) is 4.08. The Balaban J connectivity index is 3.05. The first-order valence-corrected chi connectivity index (χ1v) is 4.89. The third-order valence-electron chi connectivity index (χ3n) is 1.90. The second kappa shape index (κ2) is 3.86. The number of aromatic nitrogens is 1. The Hall–Kier alpha value is -0.620. The van der Waals surface area contributed by atoms with Crippen LogP contribution in [0.4, 0.5) is 13.2 Å². The molecule has 0 saturated heterocycles. The molecule has 1 aromatic heterocycles. The fourth-order valence-corrected chi connectivity index (χ4v) is 2.06. The largest absolute Gasteiger partial charge is 0.443 e. The highest BCUT2D eigenvalue weighted by Crippen LogP contribution is 2.35. The Labute approximate surface area is 84.2 Å². The summed E-state index contributed by atoms with van der Waals surface area (Å²) in [6, 6.07) is -0.0939. The lowest BCUT2D eigenvalue weighted by molar-refractivity contribution is -0.137. The van der Waals surface area contributed by atoms with Crippen LogP contribution in [0.1, 0.15) is 28.5 Å². The van der Waals surface area contributed by atoms with Crippen molar-refractivity contribution in [2.45, 2.75) is 26.1 Å². The van der Waals surface area contributed by atoms with Crippen LogP contribution in [0.25, 0.3) is 0 Å². The Morgan fingerprint density at radius 1 is 1.43 bits per heavy atom. The average Bonchev–Trinajstić information content (AvgIpc) is 2.45. The molecule has 1 aromatic rings. The summed E-state index contributed by atoms with van der Waals surface area (Å²) in [5.41, 5.74) is 0.448. The minimum absolute atomic E-state index is 0.0939. The van der Waals surface area contributed by atoms with Crippen molar-refractivity contribution < 1.29 is 13.2 Å². The fraction of sp³-hybridized carbons (Fsp3) is 0.625. The molecule has 0 aliphatic heterocycles. The summed E-state index contributed by atoms with van der Waals surface area (Å²) >= 11 is 0.701. The average molecular weight is 224 g/mol. The van der Waals surface area contributed by atoms with E-state index in [9.17, 15) is 13.2 Å². The molecule has 1 unspecified atom stereocenters. The molecule has 1 atom stereocenters. The van der Waals surface area contributed by atoms with Gasteiger partial charge in [-0.1, -0.05) is 0 Å². The van der Waals surface area contributed by atoms with Gasteiger partial charge in [-0.25, -0.2) is 4.98 Å². The van der Waals surface area contributed by atoms with E-state index in [2.05, 4.69) is 10.3 Å². The molecule has 0 aliphatic carbocycles. The van der Waals surface area contributed by atoms with Crippen molar-refractivity contribution >= 4 is 11.3 Å². The SMILES string of the molecule is CNC(C)c1sc(C(F)(F)F)nc1C. The predicted octanol–water partition coefficient (Wildman–Crippen LogP) is 2.75. The molecule has 0 spiro atoms. The van der Waals surface area contributed by atoms with Crippen LogP contribution in [0, 0.1) is 6.92 Å². The van der Waals surface area contributed by atoms with Crippen molar-refractivity contribution in [1.29, 1.82) is 0 Å². The van der Waals surface area contributed by atoms with E-state index in [4.69, 9.17) is 0 Å². The molecular formula is C8H11F3N2S. The number of aryl methyl sites for hydroxylation is 1. The molecule has 0 saturated carbocycles. The smallest absolute Gasteiger partial charge is 0.312 e. The van der Waals surface area contributed by atoms with Gasteiger partial charge in [0.2, 0.25) is 0 Å². The zero-order chi connectivity index (χ0) is 10.9. The van der Waals surface area contributed by atoms with Gasteiger partial charge in [-0.15, -0.1) is 11.3 Å². The topological polar surface area (TPSA) is 24.9 Å². The molecular weight excluding hydrogens is 213 g/mol. The van der Waals surface area contributed by atoms with Gasteiger partial charge < -0.3 is 5.32 Å². The molecule has 14 heavy (non-hydrogen) atoms. The quantitative estimate of drug-likeness (QED) is 0.835. The molecule has 0 aromatic carbocycles. The number of hydrogen-bond acceptors (Lipinski definition) is 3. The monoisotopic (exact) mass is 224 g/mol. The maximum absolute atomic E-state index is 12.3. The molecule has 0 radical (unpaired) electrons. The maximum atomic E-state index is 12.3. The summed E-state index contributed by atoms with van der Waals surface area (Å²) in [4.78, 5) is 4.14. The van der Waals surface area contributed by atoms with Crippen molar-refractivity contribution in [3.63, 3.8) is 0 Å². The van der Waals surface area contributed by atoms with Crippen molar-refractivity contribution in [1.82, 2.24) is 10.3 Å². The predicted molar refractivity (Wildman–Crippen MR) is 49.3 cm³/mol. The van der Waals surface area contributed by atoms with Crippen LogP contribution in [0.15, 0.2) is 0 Å². The van der Waals surface area contributed by atoms with E-state index in [0.29, 0.717) is 21.9 Å². The maximum Gasteiger partial charge on any atom is 0.443 e. The number of hydrogen-bond donors (Lipinski definition) is 1. The summed E-state index contributed by atoms with van der Waals surface area (Å²) in [6.45, 7) is 3.40. The number of nitrogens with zero attached hydrogens (tertiary/aromatic N) is 1. The van der Waals surface area contributed by atoms with Crippen LogP contribution >= 0.6 is 11.3 Å². The lowest BCUT2D eigenvalue weighted by Gasteiger charge is -2.07. The second-order valence-corrected chi connectivity index (χ2v) is 4.01. The highest BCUT2D eigenvalue weighted by molar-refractivity contribution is 7.11. The summed E-state index contributed by atoms with van der Waals surface area (Å²) < 4.78 is 36.8. The van der Waals surface area contributed by atoms with Crippen molar-refractivity contribution in [3.8, 4) is 0 Å². The van der Waals surface area contributed by atoms with Gasteiger partial charge in [0.05, 0.1) is 5.69 Å². The minimum atomic E-state index is -4.33. The van der Waals surface area contributed by atoms with Crippen LogP contribution in [0.3, 0.4) is 0 Å². The molecule has 6 heteroatoms. The van der Waals surface area contributed by atoms with Crippen LogP contribution < -0.4 is 5.32 Å². The lowest BCUT2D eigenvalue weighted by Crippen LogP contribution is -2.11. The number of rotatable bonds is 2. The van der Waals surface area contributed by atoms with Crippen LogP contribution in [-0.4, -0.2) is 12.0 Å². The van der Waals surface area contributed by atoms with Gasteiger partial charge in [0.15, 0.2) is 5.01 Å². The summed E-state index contributed by atoms with van der Waals surface area (Å²) in [5, 5.41) is 2.12. The van der Waals surface area contributed by atoms with Gasteiger partial charge in [0.1, 0.15) is 0 Å². The van der Waals surface area contributed by atoms with E-state index >= 15 is 0 Å². The van der Waals surface area contributed by atoms with E-state index in [0.717, 1.165) is 0 Å². The number of alkyl halides is 3. The normalized spacial score (nSPS) is 14.4. The zero-order valence-corrected chi connectivity index (χ0v) is 8.88. The van der Waals surface area contributed by atoms with E-state index in [1.807, 2.05) is 0 Å². The zero-order valence-electron chi connectivity index (χ0n) is 8.07.